The predicted octanol–water partition coefficient (Wildman–Crippen LogP) is 5.27. The van der Waals surface area contributed by atoms with Gasteiger partial charge in [-0.2, -0.15) is 10.2 Å². The van der Waals surface area contributed by atoms with Crippen molar-refractivity contribution in [3.05, 3.63) is 89.2 Å². The van der Waals surface area contributed by atoms with Crippen molar-refractivity contribution in [2.45, 2.75) is 19.9 Å². The van der Waals surface area contributed by atoms with E-state index in [4.69, 9.17) is 9.84 Å². The molecule has 0 atom stereocenters. The number of nitrogens with zero attached hydrogens (tertiary/aromatic N) is 4. The third kappa shape index (κ3) is 6.13. The van der Waals surface area contributed by atoms with Gasteiger partial charge in [-0.1, -0.05) is 46.3 Å². The molecule has 1 amide bonds. The number of ether oxygens (including phenoxy) is 1. The Hall–Kier alpha value is -3.98. The van der Waals surface area contributed by atoms with Crippen molar-refractivity contribution in [3.63, 3.8) is 0 Å². The molecule has 0 aliphatic carbocycles. The van der Waals surface area contributed by atoms with E-state index in [1.165, 1.54) is 6.08 Å². The van der Waals surface area contributed by atoms with Gasteiger partial charge >= 0.3 is 5.97 Å². The number of nitrogens with one attached hydrogen (secondary N) is 1. The first-order valence-corrected chi connectivity index (χ1v) is 11.8. The summed E-state index contributed by atoms with van der Waals surface area (Å²) in [6.45, 7) is 3.50. The average molecular weight is 534 g/mol. The smallest absolute Gasteiger partial charge is 0.331 e. The predicted molar refractivity (Wildman–Crippen MR) is 138 cm³/mol. The summed E-state index contributed by atoms with van der Waals surface area (Å²) in [6, 6.07) is 19.2. The van der Waals surface area contributed by atoms with E-state index in [2.05, 4.69) is 26.3 Å². The fourth-order valence-electron chi connectivity index (χ4n) is 3.40. The lowest BCUT2D eigenvalue weighted by molar-refractivity contribution is -0.142. The van der Waals surface area contributed by atoms with Gasteiger partial charge in [-0.25, -0.2) is 14.2 Å². The molecule has 9 heteroatoms. The van der Waals surface area contributed by atoms with Crippen LogP contribution in [0.3, 0.4) is 0 Å². The Balaban J connectivity index is 1.46. The quantitative estimate of drug-likeness (QED) is 0.246. The van der Waals surface area contributed by atoms with Crippen molar-refractivity contribution in [2.75, 3.05) is 11.9 Å². The molecule has 4 rings (SSSR count). The summed E-state index contributed by atoms with van der Waals surface area (Å²) in [5.74, 6) is -0.530. The van der Waals surface area contributed by atoms with Crippen LogP contribution in [0.1, 0.15) is 25.5 Å². The van der Waals surface area contributed by atoms with Crippen molar-refractivity contribution in [2.24, 2.45) is 0 Å². The molecule has 8 nitrogen and oxygen atoms in total. The third-order valence-corrected chi connectivity index (χ3v) is 5.58. The van der Waals surface area contributed by atoms with Crippen LogP contribution in [0.2, 0.25) is 0 Å². The number of carbonyl (C=O) groups is 2. The maximum absolute atomic E-state index is 12.3. The second-order valence-electron chi connectivity index (χ2n) is 7.96. The van der Waals surface area contributed by atoms with Crippen LogP contribution < -0.4 is 5.32 Å². The fourth-order valence-corrected chi connectivity index (χ4v) is 3.66. The largest absolute Gasteiger partial charge is 0.452 e. The Morgan fingerprint density at radius 3 is 2.54 bits per heavy atom. The summed E-state index contributed by atoms with van der Waals surface area (Å²) >= 11 is 3.45. The number of hydrogen-bond acceptors (Lipinski definition) is 5. The van der Waals surface area contributed by atoms with Crippen LogP contribution in [-0.4, -0.2) is 38.0 Å². The Bertz CT molecular complexity index is 1340. The molecule has 2 aromatic heterocycles. The van der Waals surface area contributed by atoms with Crippen LogP contribution in [0.4, 0.5) is 5.82 Å². The van der Waals surface area contributed by atoms with Crippen molar-refractivity contribution in [1.29, 1.82) is 0 Å². The summed E-state index contributed by atoms with van der Waals surface area (Å²) in [4.78, 5) is 24.5. The standard InChI is InChI=1S/C26H24BrN5O3/c1-18(2)32-23(14-15-28-32)29-24(33)17-35-25(34)13-10-20-16-31(22-6-4-3-5-7-22)30-26(20)19-8-11-21(27)12-9-19/h3-16,18H,17H2,1-2H3,(H,29,33)/b13-10+. The first-order chi connectivity index (χ1) is 16.9. The monoisotopic (exact) mass is 533 g/mol. The van der Waals surface area contributed by atoms with Gasteiger partial charge in [-0.15, -0.1) is 0 Å². The molecule has 1 N–H and O–H groups in total. The molecular formula is C26H24BrN5O3. The first kappa shape index (κ1) is 24.2. The maximum Gasteiger partial charge on any atom is 0.331 e. The molecule has 0 fully saturated rings. The molecule has 0 unspecified atom stereocenters. The molecule has 178 valence electrons. The number of aromatic nitrogens is 4. The lowest BCUT2D eigenvalue weighted by Gasteiger charge is -2.11. The van der Waals surface area contributed by atoms with Gasteiger partial charge in [0.25, 0.3) is 5.91 Å². The molecule has 0 aliphatic rings. The van der Waals surface area contributed by atoms with Crippen LogP contribution in [0.15, 0.2) is 83.6 Å². The number of hydrogen-bond donors (Lipinski definition) is 1. The van der Waals surface area contributed by atoms with Crippen molar-refractivity contribution >= 4 is 39.7 Å². The molecule has 0 spiro atoms. The van der Waals surface area contributed by atoms with Gasteiger partial charge in [0.05, 0.1) is 17.6 Å². The zero-order valence-corrected chi connectivity index (χ0v) is 20.8. The van der Waals surface area contributed by atoms with E-state index >= 15 is 0 Å². The number of halogens is 1. The van der Waals surface area contributed by atoms with Gasteiger partial charge < -0.3 is 10.1 Å². The highest BCUT2D eigenvalue weighted by atomic mass is 79.9. The van der Waals surface area contributed by atoms with Crippen LogP contribution >= 0.6 is 15.9 Å². The lowest BCUT2D eigenvalue weighted by Crippen LogP contribution is -2.22. The summed E-state index contributed by atoms with van der Waals surface area (Å²) in [5, 5.41) is 11.6. The molecular weight excluding hydrogens is 510 g/mol. The van der Waals surface area contributed by atoms with Gasteiger partial charge in [0.15, 0.2) is 6.61 Å². The zero-order valence-electron chi connectivity index (χ0n) is 19.3. The maximum atomic E-state index is 12.3. The molecule has 4 aromatic rings. The molecule has 35 heavy (non-hydrogen) atoms. The lowest BCUT2D eigenvalue weighted by atomic mass is 10.1. The number of rotatable bonds is 8. The second-order valence-corrected chi connectivity index (χ2v) is 8.88. The Kier molecular flexibility index (Phi) is 7.57. The summed E-state index contributed by atoms with van der Waals surface area (Å²) in [5.41, 5.74) is 3.24. The van der Waals surface area contributed by atoms with Gasteiger partial charge in [0, 0.05) is 40.0 Å². The highest BCUT2D eigenvalue weighted by Gasteiger charge is 2.13. The first-order valence-electron chi connectivity index (χ1n) is 11.0. The van der Waals surface area contributed by atoms with E-state index in [0.717, 1.165) is 21.3 Å². The van der Waals surface area contributed by atoms with E-state index in [1.807, 2.05) is 74.6 Å². The summed E-state index contributed by atoms with van der Waals surface area (Å²) in [6.07, 6.45) is 6.37. The van der Waals surface area contributed by atoms with E-state index in [9.17, 15) is 9.59 Å². The molecule has 2 aromatic carbocycles. The molecule has 0 aliphatic heterocycles. The minimum absolute atomic E-state index is 0.0857. The Labute approximate surface area is 211 Å². The number of para-hydroxylation sites is 1. The van der Waals surface area contributed by atoms with Crippen LogP contribution in [0, 0.1) is 0 Å². The van der Waals surface area contributed by atoms with Gasteiger partial charge in [0.1, 0.15) is 5.82 Å². The number of benzene rings is 2. The van der Waals surface area contributed by atoms with Crippen LogP contribution in [0.25, 0.3) is 23.0 Å². The summed E-state index contributed by atoms with van der Waals surface area (Å²) < 4.78 is 9.52. The summed E-state index contributed by atoms with van der Waals surface area (Å²) in [7, 11) is 0. The molecule has 2 heterocycles. The average Bonchev–Trinajstić information content (AvgIpc) is 3.50. The highest BCUT2D eigenvalue weighted by molar-refractivity contribution is 9.10. The molecule has 0 saturated heterocycles. The topological polar surface area (TPSA) is 91.0 Å². The van der Waals surface area contributed by atoms with Crippen molar-refractivity contribution < 1.29 is 14.3 Å². The van der Waals surface area contributed by atoms with E-state index in [0.29, 0.717) is 11.5 Å². The zero-order chi connectivity index (χ0) is 24.8. The van der Waals surface area contributed by atoms with Crippen LogP contribution in [0.5, 0.6) is 0 Å². The minimum atomic E-state index is -0.633. The molecule has 0 saturated carbocycles. The van der Waals surface area contributed by atoms with Gasteiger partial charge in [0.2, 0.25) is 0 Å². The number of amides is 1. The van der Waals surface area contributed by atoms with Crippen molar-refractivity contribution in [1.82, 2.24) is 19.6 Å². The number of esters is 1. The SMILES string of the molecule is CC(C)n1nccc1NC(=O)COC(=O)/C=C/c1cn(-c2ccccc2)nc1-c1ccc(Br)cc1. The van der Waals surface area contributed by atoms with Gasteiger partial charge in [-0.05, 0) is 44.2 Å². The molecule has 0 radical (unpaired) electrons. The van der Waals surface area contributed by atoms with Gasteiger partial charge in [-0.3, -0.25) is 4.79 Å². The minimum Gasteiger partial charge on any atom is -0.452 e. The Morgan fingerprint density at radius 1 is 1.09 bits per heavy atom. The normalized spacial score (nSPS) is 11.2. The van der Waals surface area contributed by atoms with E-state index in [-0.39, 0.29) is 6.04 Å². The van der Waals surface area contributed by atoms with Crippen molar-refractivity contribution in [3.8, 4) is 16.9 Å². The van der Waals surface area contributed by atoms with E-state index in [1.54, 1.807) is 27.7 Å². The van der Waals surface area contributed by atoms with Crippen LogP contribution in [-0.2, 0) is 14.3 Å². The third-order valence-electron chi connectivity index (χ3n) is 5.05. The fraction of sp³-hybridized carbons (Fsp3) is 0.154. The second kappa shape index (κ2) is 11.0. The number of carbonyl (C=O) groups excluding carboxylic acids is 2. The molecule has 0 bridgehead atoms. The van der Waals surface area contributed by atoms with E-state index < -0.39 is 18.5 Å². The highest BCUT2D eigenvalue weighted by Crippen LogP contribution is 2.26. The Morgan fingerprint density at radius 2 is 1.83 bits per heavy atom. The number of anilines is 1.